The van der Waals surface area contributed by atoms with Crippen LogP contribution in [0.1, 0.15) is 32.6 Å². The quantitative estimate of drug-likeness (QED) is 0.800. The van der Waals surface area contributed by atoms with Crippen LogP contribution in [0.3, 0.4) is 0 Å². The highest BCUT2D eigenvalue weighted by Crippen LogP contribution is 2.23. The molecule has 0 fully saturated rings. The van der Waals surface area contributed by atoms with Crippen molar-refractivity contribution in [2.45, 2.75) is 26.8 Å². The zero-order valence-electron chi connectivity index (χ0n) is 10.7. The Morgan fingerprint density at radius 3 is 2.82 bits per heavy atom. The predicted molar refractivity (Wildman–Crippen MR) is 72.1 cm³/mol. The molecule has 2 heteroatoms. The van der Waals surface area contributed by atoms with E-state index in [1.807, 2.05) is 18.2 Å². The topological polar surface area (TPSA) is 25.2 Å². The minimum absolute atomic E-state index is 0.234. The van der Waals surface area contributed by atoms with Gasteiger partial charge in [0.25, 0.3) is 0 Å². The maximum atomic E-state index is 5.80. The van der Waals surface area contributed by atoms with Crippen LogP contribution in [0.4, 0.5) is 0 Å². The van der Waals surface area contributed by atoms with E-state index in [9.17, 15) is 0 Å². The highest BCUT2D eigenvalue weighted by atomic mass is 16.3. The molecule has 1 atom stereocenters. The van der Waals surface area contributed by atoms with Gasteiger partial charge >= 0.3 is 0 Å². The van der Waals surface area contributed by atoms with Crippen molar-refractivity contribution in [2.75, 3.05) is 6.54 Å². The number of rotatable bonds is 4. The molecule has 0 amide bonds. The van der Waals surface area contributed by atoms with Gasteiger partial charge in [-0.05, 0) is 32.9 Å². The maximum absolute atomic E-state index is 5.80. The van der Waals surface area contributed by atoms with Crippen LogP contribution in [0.5, 0.6) is 0 Å². The number of hydrogen-bond donors (Lipinski definition) is 1. The van der Waals surface area contributed by atoms with Gasteiger partial charge in [0.05, 0.1) is 6.04 Å². The molecular weight excluding hydrogens is 210 g/mol. The van der Waals surface area contributed by atoms with E-state index in [4.69, 9.17) is 4.42 Å². The molecule has 90 valence electrons. The summed E-state index contributed by atoms with van der Waals surface area (Å²) in [4.78, 5) is 0. The standard InChI is InChI=1S/C15H19NO/c1-11(2)8-9-16-12(3)15-10-13-6-4-5-7-14(13)17-15/h4-8,10,12,16H,9H2,1-3H3. The molecule has 0 spiro atoms. The predicted octanol–water partition coefficient (Wildman–Crippen LogP) is 4.05. The highest BCUT2D eigenvalue weighted by molar-refractivity contribution is 5.77. The molecular formula is C15H19NO. The van der Waals surface area contributed by atoms with E-state index in [2.05, 4.69) is 44.3 Å². The molecule has 0 aliphatic heterocycles. The lowest BCUT2D eigenvalue weighted by Crippen LogP contribution is -2.18. The van der Waals surface area contributed by atoms with Gasteiger partial charge in [-0.1, -0.05) is 29.8 Å². The van der Waals surface area contributed by atoms with Gasteiger partial charge in [0.2, 0.25) is 0 Å². The fourth-order valence-electron chi connectivity index (χ4n) is 1.76. The minimum atomic E-state index is 0.234. The third-order valence-electron chi connectivity index (χ3n) is 2.81. The summed E-state index contributed by atoms with van der Waals surface area (Å²) in [5, 5.41) is 4.59. The molecule has 2 aromatic rings. The summed E-state index contributed by atoms with van der Waals surface area (Å²) in [6.45, 7) is 7.21. The summed E-state index contributed by atoms with van der Waals surface area (Å²) in [5.74, 6) is 0.994. The number of benzene rings is 1. The van der Waals surface area contributed by atoms with E-state index in [1.54, 1.807) is 0 Å². The summed E-state index contributed by atoms with van der Waals surface area (Å²) in [7, 11) is 0. The Morgan fingerprint density at radius 2 is 2.12 bits per heavy atom. The molecule has 0 saturated heterocycles. The average Bonchev–Trinajstić information content (AvgIpc) is 2.71. The fourth-order valence-corrected chi connectivity index (χ4v) is 1.76. The van der Waals surface area contributed by atoms with Crippen LogP contribution >= 0.6 is 0 Å². The molecule has 0 bridgehead atoms. The Bertz CT molecular complexity index is 487. The fraction of sp³-hybridized carbons (Fsp3) is 0.333. The summed E-state index contributed by atoms with van der Waals surface area (Å²) in [6.07, 6.45) is 2.18. The summed E-state index contributed by atoms with van der Waals surface area (Å²) in [5.41, 5.74) is 2.28. The Hall–Kier alpha value is -1.54. The normalized spacial score (nSPS) is 12.6. The van der Waals surface area contributed by atoms with E-state index in [-0.39, 0.29) is 6.04 Å². The first-order valence-corrected chi connectivity index (χ1v) is 6.02. The van der Waals surface area contributed by atoms with Crippen LogP contribution in [-0.2, 0) is 0 Å². The first kappa shape index (κ1) is 11.9. The van der Waals surface area contributed by atoms with Gasteiger partial charge in [-0.25, -0.2) is 0 Å². The van der Waals surface area contributed by atoms with Crippen molar-refractivity contribution in [1.29, 1.82) is 0 Å². The number of fused-ring (bicyclic) bond motifs is 1. The average molecular weight is 229 g/mol. The van der Waals surface area contributed by atoms with Crippen LogP contribution in [0.2, 0.25) is 0 Å². The molecule has 1 heterocycles. The molecule has 0 aliphatic carbocycles. The first-order chi connectivity index (χ1) is 8.16. The molecule has 0 aliphatic rings. The monoisotopic (exact) mass is 229 g/mol. The SMILES string of the molecule is CC(C)=CCNC(C)c1cc2ccccc2o1. The summed E-state index contributed by atoms with van der Waals surface area (Å²) >= 11 is 0. The highest BCUT2D eigenvalue weighted by Gasteiger charge is 2.09. The molecule has 1 aromatic carbocycles. The van der Waals surface area contributed by atoms with Gasteiger partial charge in [0.15, 0.2) is 0 Å². The first-order valence-electron chi connectivity index (χ1n) is 6.02. The molecule has 2 rings (SSSR count). The van der Waals surface area contributed by atoms with Crippen LogP contribution in [0.15, 0.2) is 46.4 Å². The Balaban J connectivity index is 2.08. The van der Waals surface area contributed by atoms with Crippen LogP contribution in [-0.4, -0.2) is 6.54 Å². The third-order valence-corrected chi connectivity index (χ3v) is 2.81. The number of nitrogens with one attached hydrogen (secondary N) is 1. The molecule has 1 aromatic heterocycles. The Kier molecular flexibility index (Phi) is 3.64. The number of furan rings is 1. The summed E-state index contributed by atoms with van der Waals surface area (Å²) < 4.78 is 5.80. The lowest BCUT2D eigenvalue weighted by molar-refractivity contribution is 0.465. The van der Waals surface area contributed by atoms with Crippen molar-refractivity contribution in [2.24, 2.45) is 0 Å². The van der Waals surface area contributed by atoms with Crippen LogP contribution < -0.4 is 5.32 Å². The molecule has 2 nitrogen and oxygen atoms in total. The van der Waals surface area contributed by atoms with Gasteiger partial charge in [0, 0.05) is 11.9 Å². The Labute approximate surface area is 102 Å². The molecule has 1 N–H and O–H groups in total. The van der Waals surface area contributed by atoms with Crippen molar-refractivity contribution in [3.63, 3.8) is 0 Å². The minimum Gasteiger partial charge on any atom is -0.459 e. The summed E-state index contributed by atoms with van der Waals surface area (Å²) in [6, 6.07) is 10.4. The van der Waals surface area contributed by atoms with Crippen molar-refractivity contribution >= 4 is 11.0 Å². The van der Waals surface area contributed by atoms with Gasteiger partial charge in [-0.15, -0.1) is 0 Å². The van der Waals surface area contributed by atoms with E-state index in [0.29, 0.717) is 0 Å². The van der Waals surface area contributed by atoms with Gasteiger partial charge in [-0.2, -0.15) is 0 Å². The maximum Gasteiger partial charge on any atom is 0.134 e. The zero-order chi connectivity index (χ0) is 12.3. The van der Waals surface area contributed by atoms with Crippen molar-refractivity contribution in [1.82, 2.24) is 5.32 Å². The zero-order valence-corrected chi connectivity index (χ0v) is 10.7. The lowest BCUT2D eigenvalue weighted by atomic mass is 10.2. The largest absolute Gasteiger partial charge is 0.459 e. The van der Waals surface area contributed by atoms with Crippen LogP contribution in [0.25, 0.3) is 11.0 Å². The van der Waals surface area contributed by atoms with E-state index in [1.165, 1.54) is 11.0 Å². The Morgan fingerprint density at radius 1 is 1.35 bits per heavy atom. The second kappa shape index (κ2) is 5.19. The lowest BCUT2D eigenvalue weighted by Gasteiger charge is -2.08. The number of allylic oxidation sites excluding steroid dienone is 1. The molecule has 17 heavy (non-hydrogen) atoms. The van der Waals surface area contributed by atoms with Gasteiger partial charge < -0.3 is 9.73 Å². The van der Waals surface area contributed by atoms with E-state index < -0.39 is 0 Å². The molecule has 0 saturated carbocycles. The van der Waals surface area contributed by atoms with Crippen molar-refractivity contribution < 1.29 is 4.42 Å². The smallest absolute Gasteiger partial charge is 0.134 e. The molecule has 1 unspecified atom stereocenters. The van der Waals surface area contributed by atoms with E-state index >= 15 is 0 Å². The third kappa shape index (κ3) is 2.98. The van der Waals surface area contributed by atoms with Crippen molar-refractivity contribution in [3.05, 3.63) is 47.7 Å². The van der Waals surface area contributed by atoms with E-state index in [0.717, 1.165) is 17.9 Å². The second-order valence-corrected chi connectivity index (χ2v) is 4.60. The number of para-hydroxylation sites is 1. The number of hydrogen-bond acceptors (Lipinski definition) is 2. The van der Waals surface area contributed by atoms with Gasteiger partial charge in [0.1, 0.15) is 11.3 Å². The second-order valence-electron chi connectivity index (χ2n) is 4.60. The van der Waals surface area contributed by atoms with Crippen molar-refractivity contribution in [3.8, 4) is 0 Å². The van der Waals surface area contributed by atoms with Crippen LogP contribution in [0, 0.1) is 0 Å². The molecule has 0 radical (unpaired) electrons. The van der Waals surface area contributed by atoms with Gasteiger partial charge in [-0.3, -0.25) is 0 Å².